The van der Waals surface area contributed by atoms with E-state index in [1.807, 2.05) is 54.6 Å². The molecule has 0 fully saturated rings. The number of rotatable bonds is 3. The van der Waals surface area contributed by atoms with Crippen molar-refractivity contribution in [1.82, 2.24) is 10.0 Å². The van der Waals surface area contributed by atoms with Crippen LogP contribution in [0, 0.1) is 16.7 Å². The molecular formula is C21H26N4OS. The molecule has 2 aliphatic rings. The third kappa shape index (κ3) is 3.38. The molecule has 2 N–H and O–H groups in total. The van der Waals surface area contributed by atoms with Gasteiger partial charge in [0.25, 0.3) is 0 Å². The van der Waals surface area contributed by atoms with E-state index in [0.717, 1.165) is 22.6 Å². The number of ketones is 1. The first kappa shape index (κ1) is 19.5. The zero-order valence-electron chi connectivity index (χ0n) is 16.5. The SMILES string of the molecule is CSc1ccc([C@H]2C(C#N)=C(N)N(N(C)C)C3=C2C(=O)CC(C)(C)C3)cc1. The molecule has 0 bridgehead atoms. The highest BCUT2D eigenvalue weighted by Crippen LogP contribution is 2.49. The van der Waals surface area contributed by atoms with Crippen LogP contribution in [0.5, 0.6) is 0 Å². The summed E-state index contributed by atoms with van der Waals surface area (Å²) in [6.07, 6.45) is 3.24. The van der Waals surface area contributed by atoms with Gasteiger partial charge in [0.2, 0.25) is 0 Å². The Balaban J connectivity index is 2.24. The summed E-state index contributed by atoms with van der Waals surface area (Å²) in [4.78, 5) is 14.4. The zero-order chi connectivity index (χ0) is 19.9. The Kier molecular flexibility index (Phi) is 5.11. The van der Waals surface area contributed by atoms with E-state index in [1.54, 1.807) is 11.8 Å². The lowest BCUT2D eigenvalue weighted by Crippen LogP contribution is -2.47. The number of carbonyl (C=O) groups excluding carboxylic acids is 1. The minimum Gasteiger partial charge on any atom is -0.383 e. The van der Waals surface area contributed by atoms with Crippen LogP contribution in [0.4, 0.5) is 0 Å². The van der Waals surface area contributed by atoms with Crippen molar-refractivity contribution in [3.8, 4) is 6.07 Å². The summed E-state index contributed by atoms with van der Waals surface area (Å²) in [5, 5.41) is 13.6. The molecule has 0 aromatic heterocycles. The summed E-state index contributed by atoms with van der Waals surface area (Å²) in [6.45, 7) is 4.20. The third-order valence-corrected chi connectivity index (χ3v) is 5.95. The molecule has 142 valence electrons. The number of benzene rings is 1. The smallest absolute Gasteiger partial charge is 0.162 e. The van der Waals surface area contributed by atoms with E-state index in [2.05, 4.69) is 19.9 Å². The Hall–Kier alpha value is -2.23. The maximum Gasteiger partial charge on any atom is 0.162 e. The highest BCUT2D eigenvalue weighted by atomic mass is 32.2. The quantitative estimate of drug-likeness (QED) is 0.805. The molecule has 6 heteroatoms. The van der Waals surface area contributed by atoms with Gasteiger partial charge in [-0.05, 0) is 35.8 Å². The van der Waals surface area contributed by atoms with Gasteiger partial charge in [-0.25, -0.2) is 5.01 Å². The fourth-order valence-corrected chi connectivity index (χ4v) is 4.49. The Bertz CT molecular complexity index is 874. The van der Waals surface area contributed by atoms with Crippen LogP contribution in [0.3, 0.4) is 0 Å². The van der Waals surface area contributed by atoms with E-state index >= 15 is 0 Å². The molecule has 1 aromatic carbocycles. The molecule has 0 saturated carbocycles. The van der Waals surface area contributed by atoms with Gasteiger partial charge in [-0.1, -0.05) is 26.0 Å². The Morgan fingerprint density at radius 2 is 1.89 bits per heavy atom. The van der Waals surface area contributed by atoms with Crippen molar-refractivity contribution in [3.63, 3.8) is 0 Å². The van der Waals surface area contributed by atoms with E-state index in [9.17, 15) is 10.1 Å². The second-order valence-corrected chi connectivity index (χ2v) is 8.96. The van der Waals surface area contributed by atoms with Gasteiger partial charge in [0.15, 0.2) is 5.78 Å². The molecule has 1 atom stereocenters. The number of hydrazine groups is 1. The van der Waals surface area contributed by atoms with Gasteiger partial charge in [-0.2, -0.15) is 5.26 Å². The average Bonchev–Trinajstić information content (AvgIpc) is 2.59. The maximum atomic E-state index is 13.2. The minimum atomic E-state index is -0.402. The molecule has 0 spiro atoms. The Labute approximate surface area is 165 Å². The van der Waals surface area contributed by atoms with Crippen molar-refractivity contribution < 1.29 is 4.79 Å². The number of hydrogen-bond donors (Lipinski definition) is 1. The number of thioether (sulfide) groups is 1. The van der Waals surface area contributed by atoms with E-state index in [-0.39, 0.29) is 11.2 Å². The van der Waals surface area contributed by atoms with Crippen molar-refractivity contribution in [1.29, 1.82) is 5.26 Å². The van der Waals surface area contributed by atoms with Gasteiger partial charge in [0, 0.05) is 36.7 Å². The highest BCUT2D eigenvalue weighted by Gasteiger charge is 2.44. The second kappa shape index (κ2) is 7.06. The zero-order valence-corrected chi connectivity index (χ0v) is 17.4. The maximum absolute atomic E-state index is 13.2. The van der Waals surface area contributed by atoms with Crippen molar-refractivity contribution >= 4 is 17.5 Å². The summed E-state index contributed by atoms with van der Waals surface area (Å²) in [7, 11) is 3.76. The van der Waals surface area contributed by atoms with Crippen LogP contribution in [-0.2, 0) is 4.79 Å². The fourth-order valence-electron chi connectivity index (χ4n) is 4.08. The van der Waals surface area contributed by atoms with Gasteiger partial charge < -0.3 is 5.73 Å². The van der Waals surface area contributed by atoms with Crippen molar-refractivity contribution in [2.75, 3.05) is 20.4 Å². The summed E-state index contributed by atoms with van der Waals surface area (Å²) in [5.41, 5.74) is 9.32. The molecule has 0 unspecified atom stereocenters. The normalized spacial score (nSPS) is 22.2. The molecule has 1 aromatic rings. The predicted octanol–water partition coefficient (Wildman–Crippen LogP) is 3.62. The van der Waals surface area contributed by atoms with Gasteiger partial charge in [-0.15, -0.1) is 11.8 Å². The molecule has 1 aliphatic heterocycles. The number of carbonyl (C=O) groups is 1. The van der Waals surface area contributed by atoms with E-state index in [4.69, 9.17) is 5.73 Å². The summed E-state index contributed by atoms with van der Waals surface area (Å²) in [6, 6.07) is 10.4. The van der Waals surface area contributed by atoms with E-state index < -0.39 is 5.92 Å². The van der Waals surface area contributed by atoms with Crippen LogP contribution in [0.15, 0.2) is 51.8 Å². The van der Waals surface area contributed by atoms with Crippen molar-refractivity contribution in [2.24, 2.45) is 11.1 Å². The first-order valence-corrected chi connectivity index (χ1v) is 10.2. The van der Waals surface area contributed by atoms with Gasteiger partial charge in [0.1, 0.15) is 5.82 Å². The fraction of sp³-hybridized carbons (Fsp3) is 0.429. The molecule has 0 saturated heterocycles. The molecule has 1 aliphatic carbocycles. The van der Waals surface area contributed by atoms with Crippen LogP contribution < -0.4 is 5.73 Å². The third-order valence-electron chi connectivity index (χ3n) is 5.20. The van der Waals surface area contributed by atoms with Crippen LogP contribution in [0.25, 0.3) is 0 Å². The summed E-state index contributed by atoms with van der Waals surface area (Å²) < 4.78 is 0. The monoisotopic (exact) mass is 382 g/mol. The topological polar surface area (TPSA) is 73.4 Å². The summed E-state index contributed by atoms with van der Waals surface area (Å²) in [5.74, 6) is 0.110. The van der Waals surface area contributed by atoms with E-state index in [0.29, 0.717) is 23.4 Å². The van der Waals surface area contributed by atoms with Crippen LogP contribution in [0.1, 0.15) is 38.2 Å². The van der Waals surface area contributed by atoms with Gasteiger partial charge in [-0.3, -0.25) is 9.80 Å². The molecule has 27 heavy (non-hydrogen) atoms. The Morgan fingerprint density at radius 1 is 1.26 bits per heavy atom. The lowest BCUT2D eigenvalue weighted by atomic mass is 9.69. The highest BCUT2D eigenvalue weighted by molar-refractivity contribution is 7.98. The molecule has 1 heterocycles. The lowest BCUT2D eigenvalue weighted by Gasteiger charge is -2.45. The minimum absolute atomic E-state index is 0.104. The first-order chi connectivity index (χ1) is 12.7. The number of nitrogens with zero attached hydrogens (tertiary/aromatic N) is 3. The predicted molar refractivity (Wildman–Crippen MR) is 108 cm³/mol. The van der Waals surface area contributed by atoms with Crippen molar-refractivity contribution in [2.45, 2.75) is 37.5 Å². The average molecular weight is 383 g/mol. The molecule has 5 nitrogen and oxygen atoms in total. The summed E-state index contributed by atoms with van der Waals surface area (Å²) >= 11 is 1.66. The lowest BCUT2D eigenvalue weighted by molar-refractivity contribution is -0.119. The van der Waals surface area contributed by atoms with Crippen LogP contribution >= 0.6 is 11.8 Å². The largest absolute Gasteiger partial charge is 0.383 e. The number of hydrogen-bond acceptors (Lipinski definition) is 6. The second-order valence-electron chi connectivity index (χ2n) is 8.08. The molecule has 0 amide bonds. The Morgan fingerprint density at radius 3 is 2.41 bits per heavy atom. The van der Waals surface area contributed by atoms with Gasteiger partial charge >= 0.3 is 0 Å². The van der Waals surface area contributed by atoms with Crippen LogP contribution in [0.2, 0.25) is 0 Å². The van der Waals surface area contributed by atoms with E-state index in [1.165, 1.54) is 0 Å². The van der Waals surface area contributed by atoms with Gasteiger partial charge in [0.05, 0.1) is 17.6 Å². The van der Waals surface area contributed by atoms with Crippen molar-refractivity contribution in [3.05, 3.63) is 52.5 Å². The first-order valence-electron chi connectivity index (χ1n) is 8.97. The standard InChI is InChI=1S/C21H26N4OS/c1-21(2)10-16-19(17(26)11-21)18(13-6-8-14(27-5)9-7-13)15(12-22)20(23)25(16)24(3)4/h6-9,18H,10-11,23H2,1-5H3/t18-/m0/s1. The number of nitrogens with two attached hydrogens (primary N) is 1. The van der Waals surface area contributed by atoms with Crippen LogP contribution in [-0.4, -0.2) is 36.2 Å². The molecule has 0 radical (unpaired) electrons. The molecule has 3 rings (SSSR count). The molecular weight excluding hydrogens is 356 g/mol. The number of allylic oxidation sites excluding steroid dienone is 3. The number of Topliss-reactive ketones (excluding diaryl/α,β-unsaturated/α-hetero) is 1. The number of nitriles is 1.